The largest absolute Gasteiger partial charge is 0.456 e. The van der Waals surface area contributed by atoms with Crippen molar-refractivity contribution in [3.05, 3.63) is 182 Å². The molecule has 0 spiro atoms. The summed E-state index contributed by atoms with van der Waals surface area (Å²) in [7, 11) is 0. The normalized spacial score (nSPS) is 12.0. The third-order valence-electron chi connectivity index (χ3n) is 11.2. The first kappa shape index (κ1) is 30.1. The van der Waals surface area contributed by atoms with E-state index in [0.717, 1.165) is 99.5 Å². The minimum atomic E-state index is 0.900. The second-order valence-corrected chi connectivity index (χ2v) is 14.3. The third kappa shape index (κ3) is 4.62. The highest BCUT2D eigenvalue weighted by molar-refractivity contribution is 6.12. The summed E-state index contributed by atoms with van der Waals surface area (Å²) >= 11 is 0. The first-order valence-corrected chi connectivity index (χ1v) is 18.6. The fraction of sp³-hybridized carbons (Fsp3) is 0. The van der Waals surface area contributed by atoms with Crippen LogP contribution in [0.2, 0.25) is 0 Å². The van der Waals surface area contributed by atoms with Crippen LogP contribution in [-0.4, -0.2) is 9.55 Å². The zero-order valence-electron chi connectivity index (χ0n) is 29.5. The molecule has 0 fully saturated rings. The number of rotatable bonds is 4. The maximum absolute atomic E-state index is 6.36. The van der Waals surface area contributed by atoms with Crippen molar-refractivity contribution in [2.45, 2.75) is 0 Å². The fourth-order valence-electron chi connectivity index (χ4n) is 8.54. The fourth-order valence-corrected chi connectivity index (χ4v) is 8.54. The van der Waals surface area contributed by atoms with Gasteiger partial charge in [0.2, 0.25) is 0 Å². The van der Waals surface area contributed by atoms with E-state index in [1.54, 1.807) is 0 Å². The molecule has 12 rings (SSSR count). The molecule has 0 amide bonds. The first-order chi connectivity index (χ1) is 27.2. The van der Waals surface area contributed by atoms with E-state index in [9.17, 15) is 0 Å². The van der Waals surface area contributed by atoms with E-state index >= 15 is 0 Å². The number of benzene rings is 8. The molecule has 0 atom stereocenters. The lowest BCUT2D eigenvalue weighted by atomic mass is 10.0. The Balaban J connectivity index is 0.931. The molecule has 0 aliphatic heterocycles. The molecule has 0 saturated heterocycles. The Hall–Kier alpha value is -7.43. The van der Waals surface area contributed by atoms with Gasteiger partial charge in [0.05, 0.1) is 22.2 Å². The molecule has 0 unspecified atom stereocenters. The summed E-state index contributed by atoms with van der Waals surface area (Å²) in [5.74, 6) is 0. The summed E-state index contributed by atoms with van der Waals surface area (Å²) in [4.78, 5) is 5.23. The zero-order chi connectivity index (χ0) is 36.0. The van der Waals surface area contributed by atoms with Crippen molar-refractivity contribution >= 4 is 76.6 Å². The number of pyridine rings is 1. The number of furan rings is 2. The maximum Gasteiger partial charge on any atom is 0.143 e. The molecule has 4 heteroatoms. The smallest absolute Gasteiger partial charge is 0.143 e. The molecular weight excluding hydrogens is 673 g/mol. The number of aromatic nitrogens is 2. The third-order valence-corrected chi connectivity index (χ3v) is 11.2. The number of para-hydroxylation sites is 4. The zero-order valence-corrected chi connectivity index (χ0v) is 29.5. The Morgan fingerprint density at radius 1 is 0.382 bits per heavy atom. The minimum Gasteiger partial charge on any atom is -0.456 e. The minimum absolute atomic E-state index is 0.900. The van der Waals surface area contributed by atoms with Gasteiger partial charge in [-0.2, -0.15) is 0 Å². The van der Waals surface area contributed by atoms with Gasteiger partial charge in [-0.05, 0) is 83.4 Å². The van der Waals surface area contributed by atoms with Gasteiger partial charge < -0.3 is 13.4 Å². The van der Waals surface area contributed by atoms with E-state index in [0.29, 0.717) is 0 Å². The van der Waals surface area contributed by atoms with Crippen molar-refractivity contribution < 1.29 is 8.83 Å². The van der Waals surface area contributed by atoms with Crippen LogP contribution < -0.4 is 0 Å². The van der Waals surface area contributed by atoms with Gasteiger partial charge in [-0.15, -0.1) is 0 Å². The summed E-state index contributed by atoms with van der Waals surface area (Å²) in [6.45, 7) is 0. The van der Waals surface area contributed by atoms with E-state index in [1.807, 2.05) is 24.3 Å². The van der Waals surface area contributed by atoms with Gasteiger partial charge in [0, 0.05) is 54.5 Å². The van der Waals surface area contributed by atoms with Crippen LogP contribution in [0.3, 0.4) is 0 Å². The highest BCUT2D eigenvalue weighted by Crippen LogP contribution is 2.39. The van der Waals surface area contributed by atoms with Gasteiger partial charge in [0.1, 0.15) is 22.3 Å². The average Bonchev–Trinajstić information content (AvgIpc) is 3.92. The Kier molecular flexibility index (Phi) is 6.31. The summed E-state index contributed by atoms with van der Waals surface area (Å²) < 4.78 is 14.8. The lowest BCUT2D eigenvalue weighted by Crippen LogP contribution is -1.94. The molecule has 0 N–H and O–H groups in total. The van der Waals surface area contributed by atoms with Crippen LogP contribution >= 0.6 is 0 Å². The van der Waals surface area contributed by atoms with Crippen LogP contribution in [0.5, 0.6) is 0 Å². The van der Waals surface area contributed by atoms with Gasteiger partial charge in [-0.25, -0.2) is 4.98 Å². The molecule has 4 heterocycles. The Morgan fingerprint density at radius 2 is 1.00 bits per heavy atom. The van der Waals surface area contributed by atoms with Crippen molar-refractivity contribution in [1.82, 2.24) is 9.55 Å². The molecule has 0 aliphatic carbocycles. The van der Waals surface area contributed by atoms with E-state index in [1.165, 1.54) is 16.3 Å². The summed E-state index contributed by atoms with van der Waals surface area (Å²) in [5, 5.41) is 8.05. The molecule has 55 heavy (non-hydrogen) atoms. The molecule has 0 bridgehead atoms. The van der Waals surface area contributed by atoms with Crippen LogP contribution in [0.4, 0.5) is 0 Å². The number of hydrogen-bond acceptors (Lipinski definition) is 3. The first-order valence-electron chi connectivity index (χ1n) is 18.6. The van der Waals surface area contributed by atoms with Gasteiger partial charge in [0.25, 0.3) is 0 Å². The summed E-state index contributed by atoms with van der Waals surface area (Å²) in [6, 6.07) is 64.4. The van der Waals surface area contributed by atoms with Crippen LogP contribution in [-0.2, 0) is 0 Å². The average molecular weight is 703 g/mol. The monoisotopic (exact) mass is 702 g/mol. The Bertz CT molecular complexity index is 3490. The number of hydrogen-bond donors (Lipinski definition) is 0. The second-order valence-electron chi connectivity index (χ2n) is 14.3. The van der Waals surface area contributed by atoms with Crippen molar-refractivity contribution in [1.29, 1.82) is 0 Å². The van der Waals surface area contributed by atoms with Crippen LogP contribution in [0, 0.1) is 0 Å². The van der Waals surface area contributed by atoms with Gasteiger partial charge in [-0.1, -0.05) is 115 Å². The highest BCUT2D eigenvalue weighted by Gasteiger charge is 2.16. The molecule has 0 saturated carbocycles. The predicted molar refractivity (Wildman–Crippen MR) is 227 cm³/mol. The summed E-state index contributed by atoms with van der Waals surface area (Å²) in [6.07, 6.45) is 0. The molecule has 0 aliphatic rings. The summed E-state index contributed by atoms with van der Waals surface area (Å²) in [5.41, 5.74) is 14.6. The standard InChI is InChI=1S/C51H30N2O2/c1-4-13-46-38(8-1)42-29-35(44-25-20-32-16-17-34(30-45(32)52-44)33-22-27-50-43(28-33)40-10-3-5-14-48(40)54-50)21-26-47(42)53(46)36-23-18-31(19-24-36)37-11-7-12-41-39-9-2-6-15-49(39)55-51(37)41/h1-30H. The topological polar surface area (TPSA) is 44.1 Å². The second kappa shape index (κ2) is 11.5. The van der Waals surface area contributed by atoms with Crippen molar-refractivity contribution in [2.75, 3.05) is 0 Å². The van der Waals surface area contributed by atoms with E-state index < -0.39 is 0 Å². The SMILES string of the molecule is c1ccc2c(c1)oc1ccc(-c3ccc4ccc(-c5ccc6c(c5)c5ccccc5n6-c5ccc(-c6cccc7c6oc6ccccc67)cc5)nc4c3)cc12. The van der Waals surface area contributed by atoms with Gasteiger partial charge in [0.15, 0.2) is 0 Å². The molecular formula is C51H30N2O2. The van der Waals surface area contributed by atoms with E-state index in [4.69, 9.17) is 13.8 Å². The highest BCUT2D eigenvalue weighted by atomic mass is 16.3. The van der Waals surface area contributed by atoms with Crippen LogP contribution in [0.25, 0.3) is 116 Å². The van der Waals surface area contributed by atoms with E-state index in [-0.39, 0.29) is 0 Å². The van der Waals surface area contributed by atoms with Crippen LogP contribution in [0.15, 0.2) is 191 Å². The lowest BCUT2D eigenvalue weighted by molar-refractivity contribution is 0.669. The molecule has 4 aromatic heterocycles. The maximum atomic E-state index is 6.36. The van der Waals surface area contributed by atoms with Gasteiger partial charge >= 0.3 is 0 Å². The molecule has 256 valence electrons. The molecule has 4 nitrogen and oxygen atoms in total. The van der Waals surface area contributed by atoms with Crippen molar-refractivity contribution in [3.8, 4) is 39.2 Å². The lowest BCUT2D eigenvalue weighted by Gasteiger charge is -2.10. The van der Waals surface area contributed by atoms with Gasteiger partial charge in [-0.3, -0.25) is 0 Å². The Labute approximate surface area is 315 Å². The predicted octanol–water partition coefficient (Wildman–Crippen LogP) is 14.1. The Morgan fingerprint density at radius 3 is 1.87 bits per heavy atom. The molecule has 8 aromatic carbocycles. The molecule has 12 aromatic rings. The number of nitrogens with zero attached hydrogens (tertiary/aromatic N) is 2. The van der Waals surface area contributed by atoms with Crippen molar-refractivity contribution in [2.24, 2.45) is 0 Å². The van der Waals surface area contributed by atoms with E-state index in [2.05, 4.69) is 162 Å². The number of fused-ring (bicyclic) bond motifs is 10. The van der Waals surface area contributed by atoms with Crippen LogP contribution in [0.1, 0.15) is 0 Å². The van der Waals surface area contributed by atoms with Crippen molar-refractivity contribution in [3.63, 3.8) is 0 Å². The molecule has 0 radical (unpaired) electrons. The quantitative estimate of drug-likeness (QED) is 0.183.